The van der Waals surface area contributed by atoms with Crippen LogP contribution in [0.4, 0.5) is 5.69 Å². The molecule has 0 atom stereocenters. The Kier molecular flexibility index (Phi) is 8.23. The van der Waals surface area contributed by atoms with Gasteiger partial charge < -0.3 is 15.8 Å². The summed E-state index contributed by atoms with van der Waals surface area (Å²) < 4.78 is 5.68. The molecular weight excluding hydrogens is 288 g/mol. The number of hydrogen-bond donors (Lipinski definition) is 2. The third kappa shape index (κ3) is 8.29. The average molecular weight is 318 g/mol. The molecule has 0 aliphatic heterocycles. The van der Waals surface area contributed by atoms with Gasteiger partial charge in [0.05, 0.1) is 12.3 Å². The van der Waals surface area contributed by atoms with Gasteiger partial charge in [-0.2, -0.15) is 0 Å². The van der Waals surface area contributed by atoms with Crippen LogP contribution in [-0.2, 0) is 4.79 Å². The topological polar surface area (TPSA) is 64.3 Å². The minimum absolute atomic E-state index is 0.0820. The van der Waals surface area contributed by atoms with Crippen LogP contribution in [0, 0.1) is 11.8 Å². The van der Waals surface area contributed by atoms with Crippen LogP contribution in [0.5, 0.6) is 5.75 Å². The van der Waals surface area contributed by atoms with E-state index in [1.54, 1.807) is 6.08 Å². The maximum absolute atomic E-state index is 11.7. The van der Waals surface area contributed by atoms with Crippen molar-refractivity contribution in [1.82, 2.24) is 5.32 Å². The summed E-state index contributed by atoms with van der Waals surface area (Å²) in [6.45, 7) is 9.95. The normalized spacial score (nSPS) is 11.4. The van der Waals surface area contributed by atoms with Crippen LogP contribution in [0.25, 0.3) is 6.08 Å². The molecular formula is C19H30N2O2. The highest BCUT2D eigenvalue weighted by Gasteiger charge is 2.03. The molecule has 3 N–H and O–H groups in total. The summed E-state index contributed by atoms with van der Waals surface area (Å²) in [5.41, 5.74) is 7.48. The molecule has 4 heteroatoms. The summed E-state index contributed by atoms with van der Waals surface area (Å²) >= 11 is 0. The van der Waals surface area contributed by atoms with Gasteiger partial charge >= 0.3 is 0 Å². The van der Waals surface area contributed by atoms with E-state index >= 15 is 0 Å². The van der Waals surface area contributed by atoms with E-state index in [4.69, 9.17) is 10.5 Å². The van der Waals surface area contributed by atoms with Gasteiger partial charge in [0, 0.05) is 12.6 Å². The second-order valence-electron chi connectivity index (χ2n) is 6.64. The molecule has 128 valence electrons. The molecule has 0 unspecified atom stereocenters. The molecule has 0 saturated heterocycles. The SMILES string of the molecule is CC(C)CCNC(=O)/C=C\c1ccc(OCCC(C)C)c(N)c1. The first kappa shape index (κ1) is 19.1. The standard InChI is InChI=1S/C19H30N2O2/c1-14(2)9-11-21-19(22)8-6-16-5-7-18(17(20)13-16)23-12-10-15(3)4/h5-8,13-15H,9-12,20H2,1-4H3,(H,21,22)/b8-6-. The molecule has 0 aromatic heterocycles. The lowest BCUT2D eigenvalue weighted by Crippen LogP contribution is -2.23. The average Bonchev–Trinajstić information content (AvgIpc) is 2.46. The number of benzene rings is 1. The van der Waals surface area contributed by atoms with Gasteiger partial charge in [0.2, 0.25) is 5.91 Å². The fourth-order valence-electron chi connectivity index (χ4n) is 1.92. The second-order valence-corrected chi connectivity index (χ2v) is 6.64. The van der Waals surface area contributed by atoms with Crippen LogP contribution in [0.15, 0.2) is 24.3 Å². The van der Waals surface area contributed by atoms with Gasteiger partial charge in [-0.05, 0) is 48.4 Å². The van der Waals surface area contributed by atoms with Gasteiger partial charge in [-0.3, -0.25) is 4.79 Å². The van der Waals surface area contributed by atoms with E-state index in [0.717, 1.165) is 18.4 Å². The van der Waals surface area contributed by atoms with E-state index in [0.29, 0.717) is 36.4 Å². The predicted molar refractivity (Wildman–Crippen MR) is 97.3 cm³/mol. The predicted octanol–water partition coefficient (Wildman–Crippen LogP) is 3.87. The number of anilines is 1. The monoisotopic (exact) mass is 318 g/mol. The van der Waals surface area contributed by atoms with Gasteiger partial charge in [-0.15, -0.1) is 0 Å². The molecule has 0 bridgehead atoms. The summed E-state index contributed by atoms with van der Waals surface area (Å²) in [5, 5.41) is 2.87. The fraction of sp³-hybridized carbons (Fsp3) is 0.526. The van der Waals surface area contributed by atoms with Crippen LogP contribution in [0.2, 0.25) is 0 Å². The number of carbonyl (C=O) groups excluding carboxylic acids is 1. The van der Waals surface area contributed by atoms with Crippen LogP contribution in [-0.4, -0.2) is 19.1 Å². The zero-order chi connectivity index (χ0) is 17.2. The zero-order valence-electron chi connectivity index (χ0n) is 14.8. The first-order valence-electron chi connectivity index (χ1n) is 8.36. The van der Waals surface area contributed by atoms with E-state index < -0.39 is 0 Å². The lowest BCUT2D eigenvalue weighted by molar-refractivity contribution is -0.116. The fourth-order valence-corrected chi connectivity index (χ4v) is 1.92. The van der Waals surface area contributed by atoms with E-state index in [1.165, 1.54) is 6.08 Å². The first-order valence-corrected chi connectivity index (χ1v) is 8.36. The minimum Gasteiger partial charge on any atom is -0.491 e. The summed E-state index contributed by atoms with van der Waals surface area (Å²) in [4.78, 5) is 11.7. The van der Waals surface area contributed by atoms with Crippen molar-refractivity contribution in [1.29, 1.82) is 0 Å². The van der Waals surface area contributed by atoms with E-state index in [1.807, 2.05) is 18.2 Å². The Morgan fingerprint density at radius 1 is 1.22 bits per heavy atom. The molecule has 1 aromatic rings. The lowest BCUT2D eigenvalue weighted by Gasteiger charge is -2.10. The van der Waals surface area contributed by atoms with Crippen molar-refractivity contribution in [3.63, 3.8) is 0 Å². The van der Waals surface area contributed by atoms with Gasteiger partial charge in [-0.25, -0.2) is 0 Å². The quantitative estimate of drug-likeness (QED) is 0.536. The molecule has 1 amide bonds. The van der Waals surface area contributed by atoms with Crippen LogP contribution >= 0.6 is 0 Å². The van der Waals surface area contributed by atoms with Crippen LogP contribution in [0.1, 0.15) is 46.1 Å². The highest BCUT2D eigenvalue weighted by atomic mass is 16.5. The molecule has 0 heterocycles. The maximum Gasteiger partial charge on any atom is 0.243 e. The minimum atomic E-state index is -0.0820. The summed E-state index contributed by atoms with van der Waals surface area (Å²) in [6, 6.07) is 5.58. The zero-order valence-corrected chi connectivity index (χ0v) is 14.8. The lowest BCUT2D eigenvalue weighted by atomic mass is 10.1. The van der Waals surface area contributed by atoms with E-state index in [2.05, 4.69) is 33.0 Å². The van der Waals surface area contributed by atoms with Crippen molar-refractivity contribution >= 4 is 17.7 Å². The Bertz CT molecular complexity index is 522. The van der Waals surface area contributed by atoms with Crippen molar-refractivity contribution in [2.24, 2.45) is 11.8 Å². The number of ether oxygens (including phenoxy) is 1. The Morgan fingerprint density at radius 2 is 1.91 bits per heavy atom. The number of nitrogen functional groups attached to an aromatic ring is 1. The Morgan fingerprint density at radius 3 is 2.52 bits per heavy atom. The molecule has 1 rings (SSSR count). The van der Waals surface area contributed by atoms with Crippen LogP contribution < -0.4 is 15.8 Å². The first-order chi connectivity index (χ1) is 10.9. The number of nitrogens with two attached hydrogens (primary N) is 1. The maximum atomic E-state index is 11.7. The molecule has 1 aromatic carbocycles. The Balaban J connectivity index is 2.50. The second kappa shape index (κ2) is 9.93. The third-order valence-electron chi connectivity index (χ3n) is 3.43. The Labute approximate surface area is 140 Å². The molecule has 23 heavy (non-hydrogen) atoms. The number of amides is 1. The summed E-state index contributed by atoms with van der Waals surface area (Å²) in [7, 11) is 0. The van der Waals surface area contributed by atoms with Crippen LogP contribution in [0.3, 0.4) is 0 Å². The van der Waals surface area contributed by atoms with E-state index in [9.17, 15) is 4.79 Å². The molecule has 0 aliphatic carbocycles. The molecule has 0 fully saturated rings. The molecule has 4 nitrogen and oxygen atoms in total. The van der Waals surface area contributed by atoms with Crippen molar-refractivity contribution < 1.29 is 9.53 Å². The smallest absolute Gasteiger partial charge is 0.243 e. The molecule has 0 radical (unpaired) electrons. The van der Waals surface area contributed by atoms with Crippen molar-refractivity contribution in [3.8, 4) is 5.75 Å². The number of hydrogen-bond acceptors (Lipinski definition) is 3. The van der Waals surface area contributed by atoms with Gasteiger partial charge in [0.15, 0.2) is 0 Å². The molecule has 0 aliphatic rings. The molecule has 0 spiro atoms. The Hall–Kier alpha value is -1.97. The molecule has 0 saturated carbocycles. The van der Waals surface area contributed by atoms with Gasteiger partial charge in [0.25, 0.3) is 0 Å². The van der Waals surface area contributed by atoms with E-state index in [-0.39, 0.29) is 5.91 Å². The number of carbonyl (C=O) groups is 1. The highest BCUT2D eigenvalue weighted by molar-refractivity contribution is 5.91. The number of rotatable bonds is 9. The van der Waals surface area contributed by atoms with Gasteiger partial charge in [0.1, 0.15) is 5.75 Å². The number of nitrogens with one attached hydrogen (secondary N) is 1. The van der Waals surface area contributed by atoms with Gasteiger partial charge in [-0.1, -0.05) is 33.8 Å². The summed E-state index contributed by atoms with van der Waals surface area (Å²) in [5.74, 6) is 1.81. The van der Waals surface area contributed by atoms with Crippen molar-refractivity contribution in [3.05, 3.63) is 29.8 Å². The third-order valence-corrected chi connectivity index (χ3v) is 3.43. The van der Waals surface area contributed by atoms with Crippen molar-refractivity contribution in [2.45, 2.75) is 40.5 Å². The summed E-state index contributed by atoms with van der Waals surface area (Å²) in [6.07, 6.45) is 5.28. The van der Waals surface area contributed by atoms with Crippen molar-refractivity contribution in [2.75, 3.05) is 18.9 Å². The largest absolute Gasteiger partial charge is 0.491 e. The highest BCUT2D eigenvalue weighted by Crippen LogP contribution is 2.23.